The van der Waals surface area contributed by atoms with E-state index in [0.29, 0.717) is 29.2 Å². The Balaban J connectivity index is 2.11. The van der Waals surface area contributed by atoms with Crippen molar-refractivity contribution in [1.82, 2.24) is 0 Å². The van der Waals surface area contributed by atoms with Crippen LogP contribution >= 0.6 is 0 Å². The van der Waals surface area contributed by atoms with E-state index in [1.807, 2.05) is 30.3 Å². The maximum Gasteiger partial charge on any atom is 0.307 e. The summed E-state index contributed by atoms with van der Waals surface area (Å²) in [6.07, 6.45) is -0.146. The lowest BCUT2D eigenvalue weighted by atomic mass is 10.0. The fraction of sp³-hybridized carbons (Fsp3) is 0.118. The number of rotatable bonds is 6. The summed E-state index contributed by atoms with van der Waals surface area (Å²) in [5, 5.41) is 8.82. The van der Waals surface area contributed by atoms with Crippen molar-refractivity contribution in [2.75, 3.05) is 5.73 Å². The minimum absolute atomic E-state index is 0.146. The first-order valence-corrected chi connectivity index (χ1v) is 6.52. The van der Waals surface area contributed by atoms with E-state index in [9.17, 15) is 4.79 Å². The Morgan fingerprint density at radius 1 is 1.19 bits per heavy atom. The van der Waals surface area contributed by atoms with Crippen molar-refractivity contribution >= 4 is 17.2 Å². The Morgan fingerprint density at radius 2 is 1.90 bits per heavy atom. The molecule has 2 aromatic rings. The van der Waals surface area contributed by atoms with Crippen molar-refractivity contribution in [2.45, 2.75) is 13.0 Å². The third-order valence-corrected chi connectivity index (χ3v) is 3.02. The summed E-state index contributed by atoms with van der Waals surface area (Å²) in [5.41, 5.74) is 8.49. The second-order valence-electron chi connectivity index (χ2n) is 4.70. The summed E-state index contributed by atoms with van der Waals surface area (Å²) < 4.78 is 5.70. The first-order chi connectivity index (χ1) is 10.1. The van der Waals surface area contributed by atoms with Gasteiger partial charge in [0.05, 0.1) is 6.42 Å². The summed E-state index contributed by atoms with van der Waals surface area (Å²) in [6, 6.07) is 15.0. The SMILES string of the molecule is C=C(CC(=O)O)c1cc(OCc2ccccc2)ccc1N. The van der Waals surface area contributed by atoms with Gasteiger partial charge in [-0.1, -0.05) is 36.9 Å². The lowest BCUT2D eigenvalue weighted by Crippen LogP contribution is -2.01. The van der Waals surface area contributed by atoms with Gasteiger partial charge in [0.2, 0.25) is 0 Å². The summed E-state index contributed by atoms with van der Waals surface area (Å²) in [7, 11) is 0. The Labute approximate surface area is 123 Å². The van der Waals surface area contributed by atoms with Crippen LogP contribution in [0.2, 0.25) is 0 Å². The molecule has 0 aliphatic rings. The number of ether oxygens (including phenoxy) is 1. The minimum Gasteiger partial charge on any atom is -0.489 e. The van der Waals surface area contributed by atoms with E-state index in [1.165, 1.54) is 0 Å². The maximum atomic E-state index is 10.8. The topological polar surface area (TPSA) is 72.5 Å². The molecule has 0 unspecified atom stereocenters. The molecule has 108 valence electrons. The molecule has 3 N–H and O–H groups in total. The standard InChI is InChI=1S/C17H17NO3/c1-12(9-17(19)20)15-10-14(7-8-16(15)18)21-11-13-5-3-2-4-6-13/h2-8,10H,1,9,11,18H2,(H,19,20). The molecule has 0 atom stereocenters. The molecule has 0 saturated carbocycles. The van der Waals surface area contributed by atoms with Crippen molar-refractivity contribution in [3.05, 3.63) is 66.2 Å². The van der Waals surface area contributed by atoms with E-state index in [1.54, 1.807) is 18.2 Å². The van der Waals surface area contributed by atoms with Gasteiger partial charge < -0.3 is 15.6 Å². The number of carbonyl (C=O) groups is 1. The smallest absolute Gasteiger partial charge is 0.307 e. The fourth-order valence-electron chi connectivity index (χ4n) is 1.95. The van der Waals surface area contributed by atoms with Crippen LogP contribution < -0.4 is 10.5 Å². The van der Waals surface area contributed by atoms with E-state index < -0.39 is 5.97 Å². The Bertz CT molecular complexity index is 650. The molecule has 2 aromatic carbocycles. The van der Waals surface area contributed by atoms with E-state index in [-0.39, 0.29) is 6.42 Å². The quantitative estimate of drug-likeness (QED) is 0.797. The molecule has 2 rings (SSSR count). The molecule has 0 fully saturated rings. The molecule has 0 saturated heterocycles. The number of carboxylic acids is 1. The molecule has 0 spiro atoms. The van der Waals surface area contributed by atoms with Crippen molar-refractivity contribution < 1.29 is 14.6 Å². The molecular formula is C17H17NO3. The van der Waals surface area contributed by atoms with E-state index >= 15 is 0 Å². The fourth-order valence-corrected chi connectivity index (χ4v) is 1.95. The number of anilines is 1. The zero-order valence-corrected chi connectivity index (χ0v) is 11.6. The van der Waals surface area contributed by atoms with Crippen LogP contribution in [0.15, 0.2) is 55.1 Å². The predicted molar refractivity (Wildman–Crippen MR) is 82.9 cm³/mol. The number of nitrogens with two attached hydrogens (primary N) is 1. The lowest BCUT2D eigenvalue weighted by Gasteiger charge is -2.11. The van der Waals surface area contributed by atoms with Gasteiger partial charge in [0, 0.05) is 11.3 Å². The van der Waals surface area contributed by atoms with Gasteiger partial charge >= 0.3 is 5.97 Å². The van der Waals surface area contributed by atoms with Gasteiger partial charge in [-0.25, -0.2) is 0 Å². The van der Waals surface area contributed by atoms with Crippen molar-refractivity contribution in [3.8, 4) is 5.75 Å². The zero-order valence-electron chi connectivity index (χ0n) is 11.6. The van der Waals surface area contributed by atoms with Crippen LogP contribution in [0, 0.1) is 0 Å². The molecule has 4 heteroatoms. The summed E-state index contributed by atoms with van der Waals surface area (Å²) in [6.45, 7) is 4.21. The van der Waals surface area contributed by atoms with Gasteiger partial charge in [-0.3, -0.25) is 4.79 Å². The predicted octanol–water partition coefficient (Wildman–Crippen LogP) is 3.34. The molecule has 0 bridgehead atoms. The highest BCUT2D eigenvalue weighted by Gasteiger charge is 2.09. The maximum absolute atomic E-state index is 10.8. The van der Waals surface area contributed by atoms with Crippen molar-refractivity contribution in [3.63, 3.8) is 0 Å². The highest BCUT2D eigenvalue weighted by atomic mass is 16.5. The van der Waals surface area contributed by atoms with Gasteiger partial charge in [-0.05, 0) is 29.3 Å². The Morgan fingerprint density at radius 3 is 2.57 bits per heavy atom. The number of aliphatic carboxylic acids is 1. The Hall–Kier alpha value is -2.75. The molecule has 0 amide bonds. The summed E-state index contributed by atoms with van der Waals surface area (Å²) in [5.74, 6) is -0.301. The summed E-state index contributed by atoms with van der Waals surface area (Å²) in [4.78, 5) is 10.8. The molecule has 0 aliphatic carbocycles. The summed E-state index contributed by atoms with van der Waals surface area (Å²) >= 11 is 0. The number of hydrogen-bond acceptors (Lipinski definition) is 3. The zero-order chi connectivity index (χ0) is 15.2. The van der Waals surface area contributed by atoms with Gasteiger partial charge in [0.1, 0.15) is 12.4 Å². The number of nitrogen functional groups attached to an aromatic ring is 1. The first kappa shape index (κ1) is 14.7. The van der Waals surface area contributed by atoms with Crippen LogP contribution in [0.5, 0.6) is 5.75 Å². The van der Waals surface area contributed by atoms with Crippen LogP contribution in [0.25, 0.3) is 5.57 Å². The number of carboxylic acid groups (broad SMARTS) is 1. The third kappa shape index (κ3) is 4.11. The normalized spacial score (nSPS) is 10.1. The molecule has 0 aromatic heterocycles. The highest BCUT2D eigenvalue weighted by molar-refractivity contribution is 5.86. The highest BCUT2D eigenvalue weighted by Crippen LogP contribution is 2.27. The molecule has 0 heterocycles. The van der Waals surface area contributed by atoms with Crippen molar-refractivity contribution in [1.29, 1.82) is 0 Å². The van der Waals surface area contributed by atoms with Crippen LogP contribution in [0.4, 0.5) is 5.69 Å². The van der Waals surface area contributed by atoms with E-state index in [0.717, 1.165) is 5.56 Å². The second-order valence-corrected chi connectivity index (χ2v) is 4.70. The molecule has 0 aliphatic heterocycles. The average Bonchev–Trinajstić information content (AvgIpc) is 2.46. The van der Waals surface area contributed by atoms with Crippen molar-refractivity contribution in [2.24, 2.45) is 0 Å². The number of hydrogen-bond donors (Lipinski definition) is 2. The van der Waals surface area contributed by atoms with Gasteiger partial charge in [-0.2, -0.15) is 0 Å². The molecular weight excluding hydrogens is 266 g/mol. The average molecular weight is 283 g/mol. The van der Waals surface area contributed by atoms with Gasteiger partial charge in [0.25, 0.3) is 0 Å². The third-order valence-electron chi connectivity index (χ3n) is 3.02. The van der Waals surface area contributed by atoms with Crippen LogP contribution in [0.1, 0.15) is 17.5 Å². The van der Waals surface area contributed by atoms with Gasteiger partial charge in [0.15, 0.2) is 0 Å². The largest absolute Gasteiger partial charge is 0.489 e. The van der Waals surface area contributed by atoms with E-state index in [4.69, 9.17) is 15.6 Å². The van der Waals surface area contributed by atoms with Crippen LogP contribution in [-0.2, 0) is 11.4 Å². The first-order valence-electron chi connectivity index (χ1n) is 6.52. The van der Waals surface area contributed by atoms with Crippen LogP contribution in [0.3, 0.4) is 0 Å². The Kier molecular flexibility index (Phi) is 4.61. The van der Waals surface area contributed by atoms with E-state index in [2.05, 4.69) is 6.58 Å². The molecule has 4 nitrogen and oxygen atoms in total. The lowest BCUT2D eigenvalue weighted by molar-refractivity contribution is -0.135. The minimum atomic E-state index is -0.935. The monoisotopic (exact) mass is 283 g/mol. The molecule has 21 heavy (non-hydrogen) atoms. The second kappa shape index (κ2) is 6.61. The van der Waals surface area contributed by atoms with Gasteiger partial charge in [-0.15, -0.1) is 0 Å². The number of benzene rings is 2. The van der Waals surface area contributed by atoms with Crippen LogP contribution in [-0.4, -0.2) is 11.1 Å². The molecule has 0 radical (unpaired) electrons.